The number of ether oxygens (including phenoxy) is 1. The van der Waals surface area contributed by atoms with Crippen LogP contribution in [0.4, 0.5) is 0 Å². The molecule has 3 rings (SSSR count). The molecule has 20 heavy (non-hydrogen) atoms. The molecule has 1 aromatic heterocycles. The molecule has 2 N–H and O–H groups in total. The predicted molar refractivity (Wildman–Crippen MR) is 81.6 cm³/mol. The van der Waals surface area contributed by atoms with Crippen molar-refractivity contribution in [3.8, 4) is 17.0 Å². The summed E-state index contributed by atoms with van der Waals surface area (Å²) in [7, 11) is 1.65. The lowest BCUT2D eigenvalue weighted by Gasteiger charge is -2.11. The lowest BCUT2D eigenvalue weighted by molar-refractivity contribution is 0.412. The normalized spacial score (nSPS) is 16.0. The zero-order valence-corrected chi connectivity index (χ0v) is 13.1. The van der Waals surface area contributed by atoms with Gasteiger partial charge in [0.1, 0.15) is 11.6 Å². The van der Waals surface area contributed by atoms with Gasteiger partial charge < -0.3 is 10.5 Å². The first-order chi connectivity index (χ1) is 9.51. The number of methoxy groups -OCH3 is 1. The largest absolute Gasteiger partial charge is 0.496 e. The molecule has 104 valence electrons. The molecule has 1 aromatic carbocycles. The Hall–Kier alpha value is -1.46. The Morgan fingerprint density at radius 1 is 1.25 bits per heavy atom. The minimum absolute atomic E-state index is 0.315. The van der Waals surface area contributed by atoms with E-state index in [1.54, 1.807) is 7.11 Å². The van der Waals surface area contributed by atoms with E-state index in [0.717, 1.165) is 45.8 Å². The van der Waals surface area contributed by atoms with Crippen LogP contribution in [-0.4, -0.2) is 17.1 Å². The predicted octanol–water partition coefficient (Wildman–Crippen LogP) is 3.17. The summed E-state index contributed by atoms with van der Waals surface area (Å²) in [5.41, 5.74) is 8.75. The van der Waals surface area contributed by atoms with Crippen LogP contribution in [0.2, 0.25) is 0 Å². The summed E-state index contributed by atoms with van der Waals surface area (Å²) < 4.78 is 6.15. The number of halogens is 1. The molecule has 1 aliphatic rings. The van der Waals surface area contributed by atoms with Crippen LogP contribution >= 0.6 is 15.9 Å². The van der Waals surface area contributed by atoms with Crippen LogP contribution in [0.5, 0.6) is 5.75 Å². The van der Waals surface area contributed by atoms with Gasteiger partial charge in [0.25, 0.3) is 0 Å². The lowest BCUT2D eigenvalue weighted by Crippen LogP contribution is -2.22. The molecule has 0 unspecified atom stereocenters. The highest BCUT2D eigenvalue weighted by molar-refractivity contribution is 9.10. The average molecular weight is 334 g/mol. The minimum Gasteiger partial charge on any atom is -0.496 e. The van der Waals surface area contributed by atoms with E-state index >= 15 is 0 Å². The van der Waals surface area contributed by atoms with E-state index in [-0.39, 0.29) is 5.54 Å². The summed E-state index contributed by atoms with van der Waals surface area (Å²) in [6.07, 6.45) is 1.92. The molecule has 0 radical (unpaired) electrons. The molecule has 5 heteroatoms. The van der Waals surface area contributed by atoms with E-state index in [1.165, 1.54) is 0 Å². The van der Waals surface area contributed by atoms with Gasteiger partial charge in [-0.2, -0.15) is 0 Å². The van der Waals surface area contributed by atoms with Crippen LogP contribution < -0.4 is 10.5 Å². The van der Waals surface area contributed by atoms with Gasteiger partial charge in [0.2, 0.25) is 0 Å². The van der Waals surface area contributed by atoms with E-state index in [4.69, 9.17) is 10.5 Å². The van der Waals surface area contributed by atoms with E-state index < -0.39 is 0 Å². The third-order valence-electron chi connectivity index (χ3n) is 3.54. The molecule has 0 spiro atoms. The fraction of sp³-hybridized carbons (Fsp3) is 0.333. The fourth-order valence-electron chi connectivity index (χ4n) is 2.12. The van der Waals surface area contributed by atoms with E-state index in [2.05, 4.69) is 25.9 Å². The number of aromatic nitrogens is 2. The maximum atomic E-state index is 6.21. The number of rotatable bonds is 3. The number of hydrogen-bond acceptors (Lipinski definition) is 4. The third-order valence-corrected chi connectivity index (χ3v) is 4.16. The first-order valence-corrected chi connectivity index (χ1v) is 7.30. The number of nitrogens with two attached hydrogens (primary N) is 1. The van der Waals surface area contributed by atoms with Crippen molar-refractivity contribution >= 4 is 15.9 Å². The highest BCUT2D eigenvalue weighted by Gasteiger charge is 2.43. The molecule has 0 atom stereocenters. The molecule has 1 fully saturated rings. The molecule has 1 saturated carbocycles. The Bertz CT molecular complexity index is 668. The number of hydrogen-bond donors (Lipinski definition) is 1. The van der Waals surface area contributed by atoms with Crippen molar-refractivity contribution in [3.05, 3.63) is 40.3 Å². The van der Waals surface area contributed by atoms with Gasteiger partial charge in [0.05, 0.1) is 22.8 Å². The zero-order valence-electron chi connectivity index (χ0n) is 11.5. The topological polar surface area (TPSA) is 61.0 Å². The second kappa shape index (κ2) is 4.82. The molecular formula is C15H16BrN3O. The van der Waals surface area contributed by atoms with Crippen molar-refractivity contribution in [1.29, 1.82) is 0 Å². The molecular weight excluding hydrogens is 318 g/mol. The summed E-state index contributed by atoms with van der Waals surface area (Å²) in [4.78, 5) is 9.11. The van der Waals surface area contributed by atoms with Crippen LogP contribution in [-0.2, 0) is 5.54 Å². The van der Waals surface area contributed by atoms with E-state index in [1.807, 2.05) is 31.2 Å². The second-order valence-corrected chi connectivity index (χ2v) is 6.08. The van der Waals surface area contributed by atoms with Crippen molar-refractivity contribution in [2.24, 2.45) is 5.73 Å². The highest BCUT2D eigenvalue weighted by Crippen LogP contribution is 2.41. The molecule has 2 aromatic rings. The van der Waals surface area contributed by atoms with E-state index in [9.17, 15) is 0 Å². The highest BCUT2D eigenvalue weighted by atomic mass is 79.9. The summed E-state index contributed by atoms with van der Waals surface area (Å²) in [5, 5.41) is 0. The third kappa shape index (κ3) is 2.43. The molecule has 0 amide bonds. The van der Waals surface area contributed by atoms with Gasteiger partial charge in [-0.05, 0) is 60.0 Å². The van der Waals surface area contributed by atoms with E-state index in [0.29, 0.717) is 0 Å². The molecule has 4 nitrogen and oxygen atoms in total. The van der Waals surface area contributed by atoms with Crippen molar-refractivity contribution in [2.45, 2.75) is 25.3 Å². The minimum atomic E-state index is -0.315. The van der Waals surface area contributed by atoms with Gasteiger partial charge in [0, 0.05) is 11.3 Å². The Labute approximate surface area is 126 Å². The monoisotopic (exact) mass is 333 g/mol. The standard InChI is InChI=1S/C15H16BrN3O/c1-9-7-12(19-14(18-9)15(17)5-6-15)10-3-4-13(20-2)11(16)8-10/h3-4,7-8H,5-6,17H2,1-2H3. The Balaban J connectivity index is 2.05. The lowest BCUT2D eigenvalue weighted by atomic mass is 10.1. The van der Waals surface area contributed by atoms with Crippen molar-refractivity contribution in [1.82, 2.24) is 9.97 Å². The molecule has 1 heterocycles. The van der Waals surface area contributed by atoms with Crippen LogP contribution in [0.15, 0.2) is 28.7 Å². The second-order valence-electron chi connectivity index (χ2n) is 5.22. The SMILES string of the molecule is COc1ccc(-c2cc(C)nc(C3(N)CC3)n2)cc1Br. The van der Waals surface area contributed by atoms with Gasteiger partial charge in [-0.25, -0.2) is 9.97 Å². The molecule has 0 saturated heterocycles. The Morgan fingerprint density at radius 3 is 2.60 bits per heavy atom. The van der Waals surface area contributed by atoms with Crippen LogP contribution in [0, 0.1) is 6.92 Å². The smallest absolute Gasteiger partial charge is 0.149 e. The van der Waals surface area contributed by atoms with Gasteiger partial charge in [-0.15, -0.1) is 0 Å². The Morgan fingerprint density at radius 2 is 2.00 bits per heavy atom. The fourth-order valence-corrected chi connectivity index (χ4v) is 2.66. The van der Waals surface area contributed by atoms with Crippen molar-refractivity contribution in [3.63, 3.8) is 0 Å². The molecule has 0 bridgehead atoms. The van der Waals surface area contributed by atoms with Gasteiger partial charge >= 0.3 is 0 Å². The van der Waals surface area contributed by atoms with Crippen molar-refractivity contribution in [2.75, 3.05) is 7.11 Å². The maximum Gasteiger partial charge on any atom is 0.149 e. The summed E-state index contributed by atoms with van der Waals surface area (Å²) in [5.74, 6) is 1.55. The van der Waals surface area contributed by atoms with Gasteiger partial charge in [-0.3, -0.25) is 0 Å². The first-order valence-electron chi connectivity index (χ1n) is 6.51. The first kappa shape index (κ1) is 13.5. The Kier molecular flexibility index (Phi) is 3.26. The summed E-state index contributed by atoms with van der Waals surface area (Å²) in [6, 6.07) is 7.89. The zero-order chi connectivity index (χ0) is 14.3. The number of benzene rings is 1. The van der Waals surface area contributed by atoms with Crippen LogP contribution in [0.1, 0.15) is 24.4 Å². The van der Waals surface area contributed by atoms with Crippen LogP contribution in [0.3, 0.4) is 0 Å². The molecule has 0 aliphatic heterocycles. The van der Waals surface area contributed by atoms with Gasteiger partial charge in [0.15, 0.2) is 0 Å². The summed E-state index contributed by atoms with van der Waals surface area (Å²) >= 11 is 3.50. The average Bonchev–Trinajstić information content (AvgIpc) is 3.17. The maximum absolute atomic E-state index is 6.21. The van der Waals surface area contributed by atoms with Gasteiger partial charge in [-0.1, -0.05) is 0 Å². The summed E-state index contributed by atoms with van der Waals surface area (Å²) in [6.45, 7) is 1.97. The van der Waals surface area contributed by atoms with Crippen LogP contribution in [0.25, 0.3) is 11.3 Å². The van der Waals surface area contributed by atoms with Crippen molar-refractivity contribution < 1.29 is 4.74 Å². The number of nitrogens with zero attached hydrogens (tertiary/aromatic N) is 2. The quantitative estimate of drug-likeness (QED) is 0.937. The number of aryl methyl sites for hydroxylation is 1. The molecule has 1 aliphatic carbocycles.